The lowest BCUT2D eigenvalue weighted by molar-refractivity contribution is -0.274. The normalized spacial score (nSPS) is 11.6. The molecule has 2 aromatic carbocycles. The molecule has 0 saturated heterocycles. The summed E-state index contributed by atoms with van der Waals surface area (Å²) in [5, 5.41) is 8.20. The molecule has 0 bridgehead atoms. The number of hydrogen-bond donors (Lipinski definition) is 0. The van der Waals surface area contributed by atoms with Gasteiger partial charge in [-0.05, 0) is 29.8 Å². The van der Waals surface area contributed by atoms with Crippen molar-refractivity contribution in [2.24, 2.45) is 0 Å². The highest BCUT2D eigenvalue weighted by Crippen LogP contribution is 2.22. The first-order valence-corrected chi connectivity index (χ1v) is 6.60. The minimum atomic E-state index is -4.73. The average Bonchev–Trinajstić information content (AvgIpc) is 2.51. The van der Waals surface area contributed by atoms with Gasteiger partial charge in [0, 0.05) is 0 Å². The molecule has 118 valence electrons. The van der Waals surface area contributed by atoms with Crippen LogP contribution in [0.1, 0.15) is 5.56 Å². The summed E-state index contributed by atoms with van der Waals surface area (Å²) in [7, 11) is 0. The molecule has 3 rings (SSSR count). The van der Waals surface area contributed by atoms with Gasteiger partial charge in [0.15, 0.2) is 0 Å². The Morgan fingerprint density at radius 1 is 1.04 bits per heavy atom. The number of hydrogen-bond acceptors (Lipinski definition) is 4. The largest absolute Gasteiger partial charge is 0.573 e. The molecule has 1 aromatic heterocycles. The fourth-order valence-corrected chi connectivity index (χ4v) is 2.10. The van der Waals surface area contributed by atoms with Crippen molar-refractivity contribution >= 4 is 10.9 Å². The fourth-order valence-electron chi connectivity index (χ4n) is 2.10. The Bertz CT molecular complexity index is 889. The molecule has 8 heteroatoms. The van der Waals surface area contributed by atoms with Crippen LogP contribution < -0.4 is 10.3 Å². The average molecular weight is 321 g/mol. The number of fused-ring (bicyclic) bond motifs is 1. The monoisotopic (exact) mass is 321 g/mol. The van der Waals surface area contributed by atoms with E-state index in [2.05, 4.69) is 15.0 Å². The molecule has 3 aromatic rings. The summed E-state index contributed by atoms with van der Waals surface area (Å²) in [6.45, 7) is 0.100. The molecule has 0 saturated carbocycles. The van der Waals surface area contributed by atoms with Gasteiger partial charge in [0.25, 0.3) is 5.56 Å². The molecule has 0 aliphatic carbocycles. The first-order chi connectivity index (χ1) is 10.9. The van der Waals surface area contributed by atoms with Crippen LogP contribution in [-0.4, -0.2) is 21.4 Å². The molecule has 0 unspecified atom stereocenters. The molecule has 0 aliphatic heterocycles. The van der Waals surface area contributed by atoms with E-state index in [0.717, 1.165) is 4.68 Å². The van der Waals surface area contributed by atoms with Gasteiger partial charge in [-0.1, -0.05) is 29.5 Å². The Kier molecular flexibility index (Phi) is 3.73. The Morgan fingerprint density at radius 2 is 1.74 bits per heavy atom. The molecule has 1 heterocycles. The molecule has 0 spiro atoms. The molecule has 0 aliphatic rings. The van der Waals surface area contributed by atoms with E-state index >= 15 is 0 Å². The summed E-state index contributed by atoms with van der Waals surface area (Å²) >= 11 is 0. The number of aromatic nitrogens is 3. The molecule has 0 amide bonds. The van der Waals surface area contributed by atoms with Crippen LogP contribution in [0, 0.1) is 0 Å². The molecular formula is C15H10F3N3O2. The molecule has 0 fully saturated rings. The third-order valence-corrected chi connectivity index (χ3v) is 3.12. The molecule has 23 heavy (non-hydrogen) atoms. The van der Waals surface area contributed by atoms with Gasteiger partial charge < -0.3 is 4.74 Å². The fraction of sp³-hybridized carbons (Fsp3) is 0.133. The second-order valence-corrected chi connectivity index (χ2v) is 4.76. The van der Waals surface area contributed by atoms with E-state index in [4.69, 9.17) is 0 Å². The zero-order valence-electron chi connectivity index (χ0n) is 11.6. The molecule has 0 atom stereocenters. The van der Waals surface area contributed by atoms with Gasteiger partial charge in [-0.25, -0.2) is 4.68 Å². The van der Waals surface area contributed by atoms with Crippen LogP contribution in [0.15, 0.2) is 53.3 Å². The topological polar surface area (TPSA) is 57.0 Å². The van der Waals surface area contributed by atoms with Crippen molar-refractivity contribution < 1.29 is 17.9 Å². The van der Waals surface area contributed by atoms with Crippen LogP contribution >= 0.6 is 0 Å². The quantitative estimate of drug-likeness (QED) is 0.744. The van der Waals surface area contributed by atoms with E-state index in [0.29, 0.717) is 16.5 Å². The van der Waals surface area contributed by atoms with E-state index in [1.165, 1.54) is 24.3 Å². The van der Waals surface area contributed by atoms with Crippen molar-refractivity contribution in [2.75, 3.05) is 0 Å². The van der Waals surface area contributed by atoms with Gasteiger partial charge in [0.1, 0.15) is 11.3 Å². The highest BCUT2D eigenvalue weighted by atomic mass is 19.4. The highest BCUT2D eigenvalue weighted by Gasteiger charge is 2.30. The van der Waals surface area contributed by atoms with E-state index in [9.17, 15) is 18.0 Å². The Labute approximate surface area is 127 Å². The summed E-state index contributed by atoms with van der Waals surface area (Å²) in [5.41, 5.74) is 0.778. The molecule has 0 radical (unpaired) electrons. The zero-order valence-corrected chi connectivity index (χ0v) is 11.6. The Morgan fingerprint density at radius 3 is 2.43 bits per heavy atom. The van der Waals surface area contributed by atoms with E-state index in [1.54, 1.807) is 24.3 Å². The Hall–Kier alpha value is -2.90. The second kappa shape index (κ2) is 5.71. The zero-order chi connectivity index (χ0) is 16.4. The number of benzene rings is 2. The number of alkyl halides is 3. The van der Waals surface area contributed by atoms with E-state index < -0.39 is 6.36 Å². The lowest BCUT2D eigenvalue weighted by atomic mass is 10.2. The maximum atomic E-state index is 12.3. The summed E-state index contributed by atoms with van der Waals surface area (Å²) in [6, 6.07) is 12.0. The summed E-state index contributed by atoms with van der Waals surface area (Å²) < 4.78 is 41.3. The number of ether oxygens (including phenoxy) is 1. The summed E-state index contributed by atoms with van der Waals surface area (Å²) in [4.78, 5) is 12.3. The SMILES string of the molecule is O=c1c2ccccc2nnn1Cc1ccc(OC(F)(F)F)cc1. The first kappa shape index (κ1) is 15.0. The van der Waals surface area contributed by atoms with Gasteiger partial charge in [0.2, 0.25) is 0 Å². The van der Waals surface area contributed by atoms with Crippen LogP contribution in [0.5, 0.6) is 5.75 Å². The van der Waals surface area contributed by atoms with Crippen molar-refractivity contribution in [3.05, 3.63) is 64.4 Å². The maximum absolute atomic E-state index is 12.3. The number of rotatable bonds is 3. The maximum Gasteiger partial charge on any atom is 0.573 e. The van der Waals surface area contributed by atoms with Crippen molar-refractivity contribution in [1.29, 1.82) is 0 Å². The smallest absolute Gasteiger partial charge is 0.406 e. The van der Waals surface area contributed by atoms with Crippen molar-refractivity contribution in [2.45, 2.75) is 12.9 Å². The van der Waals surface area contributed by atoms with Gasteiger partial charge >= 0.3 is 6.36 Å². The minimum Gasteiger partial charge on any atom is -0.406 e. The lowest BCUT2D eigenvalue weighted by Crippen LogP contribution is -2.24. The third kappa shape index (κ3) is 3.47. The van der Waals surface area contributed by atoms with Crippen LogP contribution in [-0.2, 0) is 6.54 Å². The molecule has 0 N–H and O–H groups in total. The molecular weight excluding hydrogens is 311 g/mol. The summed E-state index contributed by atoms with van der Waals surface area (Å²) in [5.74, 6) is -0.321. The van der Waals surface area contributed by atoms with Crippen molar-refractivity contribution in [3.63, 3.8) is 0 Å². The number of nitrogens with zero attached hydrogens (tertiary/aromatic N) is 3. The Balaban J connectivity index is 1.85. The van der Waals surface area contributed by atoms with E-state index in [-0.39, 0.29) is 17.9 Å². The van der Waals surface area contributed by atoms with Crippen molar-refractivity contribution in [3.8, 4) is 5.75 Å². The van der Waals surface area contributed by atoms with Crippen LogP contribution in [0.25, 0.3) is 10.9 Å². The summed E-state index contributed by atoms with van der Waals surface area (Å²) in [6.07, 6.45) is -4.73. The van der Waals surface area contributed by atoms with Crippen LogP contribution in [0.2, 0.25) is 0 Å². The van der Waals surface area contributed by atoms with Gasteiger partial charge in [0.05, 0.1) is 11.9 Å². The van der Waals surface area contributed by atoms with Crippen LogP contribution in [0.4, 0.5) is 13.2 Å². The first-order valence-electron chi connectivity index (χ1n) is 6.60. The minimum absolute atomic E-state index is 0.100. The second-order valence-electron chi connectivity index (χ2n) is 4.76. The third-order valence-electron chi connectivity index (χ3n) is 3.12. The van der Waals surface area contributed by atoms with Gasteiger partial charge in [-0.3, -0.25) is 4.79 Å². The van der Waals surface area contributed by atoms with Gasteiger partial charge in [-0.15, -0.1) is 18.3 Å². The van der Waals surface area contributed by atoms with Crippen molar-refractivity contribution in [1.82, 2.24) is 15.0 Å². The molecule has 5 nitrogen and oxygen atoms in total. The predicted molar refractivity (Wildman–Crippen MR) is 76.0 cm³/mol. The lowest BCUT2D eigenvalue weighted by Gasteiger charge is -2.09. The highest BCUT2D eigenvalue weighted by molar-refractivity contribution is 5.76. The predicted octanol–water partition coefficient (Wildman–Crippen LogP) is 2.74. The standard InChI is InChI=1S/C15H10F3N3O2/c16-15(17,18)23-11-7-5-10(6-8-11)9-21-14(22)12-3-1-2-4-13(12)19-20-21/h1-8H,9H2. The van der Waals surface area contributed by atoms with E-state index in [1.807, 2.05) is 0 Å². The van der Waals surface area contributed by atoms with Crippen LogP contribution in [0.3, 0.4) is 0 Å². The van der Waals surface area contributed by atoms with Gasteiger partial charge in [-0.2, -0.15) is 0 Å². The number of halogens is 3.